The number of ether oxygens (including phenoxy) is 2. The zero-order valence-corrected chi connectivity index (χ0v) is 49.0. The lowest BCUT2D eigenvalue weighted by Crippen LogP contribution is -2.41. The monoisotopic (exact) mass is 1000 g/mol. The van der Waals surface area contributed by atoms with Crippen molar-refractivity contribution in [2.75, 3.05) is 40.4 Å². The second kappa shape index (κ2) is 54.4. The van der Waals surface area contributed by atoms with Gasteiger partial charge in [-0.2, -0.15) is 0 Å². The smallest absolute Gasteiger partial charge is 0.330 e. The highest BCUT2D eigenvalue weighted by Gasteiger charge is 2.23. The van der Waals surface area contributed by atoms with Gasteiger partial charge in [0.1, 0.15) is 0 Å². The van der Waals surface area contributed by atoms with Crippen LogP contribution in [0.1, 0.15) is 324 Å². The van der Waals surface area contributed by atoms with E-state index in [1.165, 1.54) is 199 Å². The Hall–Kier alpha value is -1.89. The van der Waals surface area contributed by atoms with Gasteiger partial charge in [-0.3, -0.25) is 9.59 Å². The minimum Gasteiger partial charge on any atom is -0.466 e. The van der Waals surface area contributed by atoms with Crippen LogP contribution in [-0.4, -0.2) is 74.1 Å². The predicted octanol–water partition coefficient (Wildman–Crippen LogP) is 19.3. The molecule has 0 saturated heterocycles. The van der Waals surface area contributed by atoms with Crippen LogP contribution in [0.3, 0.4) is 0 Å². The van der Waals surface area contributed by atoms with Gasteiger partial charge in [0.2, 0.25) is 5.91 Å². The van der Waals surface area contributed by atoms with E-state index in [-0.39, 0.29) is 18.0 Å². The Bertz CT molecular complexity index is 1160. The molecular weight excluding hydrogens is 877 g/mol. The lowest BCUT2D eigenvalue weighted by Gasteiger charge is -2.33. The summed E-state index contributed by atoms with van der Waals surface area (Å²) in [4.78, 5) is 44.2. The molecule has 0 fully saturated rings. The zero-order valence-electron chi connectivity index (χ0n) is 49.0. The van der Waals surface area contributed by atoms with Crippen molar-refractivity contribution in [2.45, 2.75) is 330 Å². The van der Waals surface area contributed by atoms with Crippen molar-refractivity contribution in [1.82, 2.24) is 9.80 Å². The zero-order chi connectivity index (χ0) is 52.1. The highest BCUT2D eigenvalue weighted by atomic mass is 16.5. The molecule has 71 heavy (non-hydrogen) atoms. The van der Waals surface area contributed by atoms with Crippen molar-refractivity contribution in [3.63, 3.8) is 0 Å². The molecule has 0 aromatic heterocycles. The average Bonchev–Trinajstić information content (AvgIpc) is 3.36. The summed E-state index contributed by atoms with van der Waals surface area (Å²) in [5.74, 6) is 1.22. The molecule has 0 aromatic rings. The highest BCUT2D eigenvalue weighted by Crippen LogP contribution is 2.24. The molecule has 0 aromatic carbocycles. The van der Waals surface area contributed by atoms with E-state index in [1.54, 1.807) is 6.08 Å². The van der Waals surface area contributed by atoms with Crippen molar-refractivity contribution in [3.8, 4) is 0 Å². The first kappa shape index (κ1) is 69.1. The third-order valence-electron chi connectivity index (χ3n) is 15.2. The predicted molar refractivity (Wildman–Crippen MR) is 308 cm³/mol. The van der Waals surface area contributed by atoms with Crippen molar-refractivity contribution in [3.05, 3.63) is 12.2 Å². The molecule has 0 N–H and O–H groups in total. The fourth-order valence-corrected chi connectivity index (χ4v) is 10.5. The number of rotatable bonds is 56. The van der Waals surface area contributed by atoms with Crippen LogP contribution in [0.4, 0.5) is 0 Å². The molecule has 2 unspecified atom stereocenters. The van der Waals surface area contributed by atoms with Crippen LogP contribution in [0.2, 0.25) is 0 Å². The number of unbranched alkanes of at least 4 members (excludes halogenated alkanes) is 28. The minimum absolute atomic E-state index is 0.0484. The van der Waals surface area contributed by atoms with E-state index in [9.17, 15) is 14.4 Å². The van der Waals surface area contributed by atoms with Gasteiger partial charge in [0.15, 0.2) is 0 Å². The molecule has 0 rings (SSSR count). The number of hydrogen-bond acceptors (Lipinski definition) is 6. The van der Waals surface area contributed by atoms with Gasteiger partial charge < -0.3 is 19.3 Å². The van der Waals surface area contributed by atoms with Gasteiger partial charge in [-0.15, -0.1) is 0 Å². The second-order valence-corrected chi connectivity index (χ2v) is 22.4. The van der Waals surface area contributed by atoms with Gasteiger partial charge in [0, 0.05) is 31.5 Å². The molecule has 0 aliphatic carbocycles. The number of carbonyl (C=O) groups is 3. The number of carbonyl (C=O) groups excluding carboxylic acids is 3. The Kier molecular flexibility index (Phi) is 52.9. The first-order valence-electron chi connectivity index (χ1n) is 31.6. The van der Waals surface area contributed by atoms with Gasteiger partial charge in [0.05, 0.1) is 13.2 Å². The van der Waals surface area contributed by atoms with Crippen molar-refractivity contribution >= 4 is 17.8 Å². The third-order valence-corrected chi connectivity index (χ3v) is 15.2. The molecule has 7 nitrogen and oxygen atoms in total. The molecular formula is C64H124N2O5. The number of nitrogens with zero attached hydrogens (tertiary/aromatic N) is 2. The molecule has 0 radical (unpaired) electrons. The second-order valence-electron chi connectivity index (χ2n) is 22.4. The Morgan fingerprint density at radius 3 is 1.31 bits per heavy atom. The van der Waals surface area contributed by atoms with Crippen LogP contribution in [0.25, 0.3) is 0 Å². The van der Waals surface area contributed by atoms with E-state index in [4.69, 9.17) is 9.47 Å². The molecule has 0 heterocycles. The fraction of sp³-hybridized carbons (Fsp3) is 0.922. The van der Waals surface area contributed by atoms with Gasteiger partial charge in [-0.1, -0.05) is 253 Å². The first-order chi connectivity index (χ1) is 34.7. The molecule has 420 valence electrons. The van der Waals surface area contributed by atoms with E-state index in [2.05, 4.69) is 58.5 Å². The van der Waals surface area contributed by atoms with Crippen LogP contribution >= 0.6 is 0 Å². The Morgan fingerprint density at radius 1 is 0.408 bits per heavy atom. The number of amides is 1. The summed E-state index contributed by atoms with van der Waals surface area (Å²) in [6, 6.07) is 0.260. The van der Waals surface area contributed by atoms with Gasteiger partial charge in [0.25, 0.3) is 0 Å². The third kappa shape index (κ3) is 47.6. The van der Waals surface area contributed by atoms with Crippen molar-refractivity contribution in [1.29, 1.82) is 0 Å². The maximum Gasteiger partial charge on any atom is 0.330 e. The summed E-state index contributed by atoms with van der Waals surface area (Å²) in [7, 11) is 4.24. The summed E-state index contributed by atoms with van der Waals surface area (Å²) in [6.07, 6.45) is 56.7. The molecule has 0 aliphatic rings. The van der Waals surface area contributed by atoms with Crippen LogP contribution in [0, 0.1) is 11.8 Å². The molecule has 0 saturated carbocycles. The Balaban J connectivity index is 5.21. The minimum atomic E-state index is -0.192. The Morgan fingerprint density at radius 2 is 0.817 bits per heavy atom. The van der Waals surface area contributed by atoms with Crippen molar-refractivity contribution < 1.29 is 23.9 Å². The SMILES string of the molecule is CCCCCCCCCCC(CCCCC=CC(=O)OCC(CCCCCC)CCCCCCCC)N(CCCN(C)C)C(=O)CCCCCCC(=O)OCCC(CCCCCCC)CCCCCCC. The van der Waals surface area contributed by atoms with Crippen LogP contribution in [0.5, 0.6) is 0 Å². The van der Waals surface area contributed by atoms with E-state index >= 15 is 0 Å². The van der Waals surface area contributed by atoms with Crippen molar-refractivity contribution in [2.24, 2.45) is 11.8 Å². The normalized spacial score (nSPS) is 12.6. The summed E-state index contributed by atoms with van der Waals surface area (Å²) in [5.41, 5.74) is 0. The maximum atomic E-state index is 14.1. The topological polar surface area (TPSA) is 76.2 Å². The first-order valence-corrected chi connectivity index (χ1v) is 31.6. The van der Waals surface area contributed by atoms with Crippen LogP contribution in [-0.2, 0) is 23.9 Å². The summed E-state index contributed by atoms with van der Waals surface area (Å²) < 4.78 is 11.6. The standard InChI is InChI=1S/C64H124N2O5/c1-8-13-18-23-25-26-30-39-49-61(50-40-31-33-43-53-64(69)71-58-60(47-35-22-17-12-5)48-38-29-24-19-14-9-2)66(56-44-55-65(6)7)62(67)51-41-32-34-42-52-63(68)70-57-54-59(45-36-27-20-15-10-3)46-37-28-21-16-11-4/h43,53,59-61H,8-42,44-52,54-58H2,1-7H3. The maximum absolute atomic E-state index is 14.1. The fourth-order valence-electron chi connectivity index (χ4n) is 10.5. The van der Waals surface area contributed by atoms with Gasteiger partial charge in [-0.05, 0) is 96.7 Å². The summed E-state index contributed by atoms with van der Waals surface area (Å²) >= 11 is 0. The van der Waals surface area contributed by atoms with E-state index in [0.717, 1.165) is 90.1 Å². The molecule has 2 atom stereocenters. The average molecular weight is 1000 g/mol. The number of allylic oxidation sites excluding steroid dienone is 1. The summed E-state index contributed by atoms with van der Waals surface area (Å²) in [6.45, 7) is 14.3. The lowest BCUT2D eigenvalue weighted by molar-refractivity contribution is -0.144. The number of esters is 2. The van der Waals surface area contributed by atoms with Gasteiger partial charge >= 0.3 is 11.9 Å². The number of hydrogen-bond donors (Lipinski definition) is 0. The van der Waals surface area contributed by atoms with Gasteiger partial charge in [-0.25, -0.2) is 4.79 Å². The van der Waals surface area contributed by atoms with E-state index < -0.39 is 0 Å². The highest BCUT2D eigenvalue weighted by molar-refractivity contribution is 5.81. The lowest BCUT2D eigenvalue weighted by atomic mass is 9.92. The molecule has 0 aliphatic heterocycles. The van der Waals surface area contributed by atoms with Crippen LogP contribution < -0.4 is 0 Å². The van der Waals surface area contributed by atoms with Crippen LogP contribution in [0.15, 0.2) is 12.2 Å². The van der Waals surface area contributed by atoms with E-state index in [0.29, 0.717) is 43.8 Å². The van der Waals surface area contributed by atoms with E-state index in [1.807, 2.05) is 6.08 Å². The molecule has 0 bridgehead atoms. The summed E-state index contributed by atoms with van der Waals surface area (Å²) in [5, 5.41) is 0. The molecule has 7 heteroatoms. The largest absolute Gasteiger partial charge is 0.466 e. The quantitative estimate of drug-likeness (QED) is 0.0343. The molecule has 1 amide bonds. The molecule has 0 spiro atoms. The Labute approximate surface area is 443 Å².